The van der Waals surface area contributed by atoms with Crippen LogP contribution in [0.5, 0.6) is 5.75 Å². The Morgan fingerprint density at radius 2 is 1.57 bits per heavy atom. The van der Waals surface area contributed by atoms with E-state index in [1.807, 2.05) is 31.2 Å². The first-order chi connectivity index (χ1) is 14.5. The van der Waals surface area contributed by atoms with Gasteiger partial charge >= 0.3 is 6.16 Å². The molecular formula is C23H26N2O5. The van der Waals surface area contributed by atoms with Gasteiger partial charge in [-0.25, -0.2) is 4.79 Å². The summed E-state index contributed by atoms with van der Waals surface area (Å²) in [6, 6.07) is 13.9. The molecule has 1 heterocycles. The summed E-state index contributed by atoms with van der Waals surface area (Å²) in [5.74, 6) is 0.153. The van der Waals surface area contributed by atoms with E-state index in [4.69, 9.17) is 9.47 Å². The number of carbonyl (C=O) groups excluding carboxylic acids is 3. The third kappa shape index (κ3) is 5.59. The molecule has 158 valence electrons. The third-order valence-corrected chi connectivity index (χ3v) is 5.00. The number of benzene rings is 2. The van der Waals surface area contributed by atoms with E-state index in [-0.39, 0.29) is 24.5 Å². The van der Waals surface area contributed by atoms with Crippen molar-refractivity contribution in [3.05, 3.63) is 65.2 Å². The quantitative estimate of drug-likeness (QED) is 0.602. The smallest absolute Gasteiger partial charge is 0.434 e. The van der Waals surface area contributed by atoms with Gasteiger partial charge in [0.05, 0.1) is 6.61 Å². The van der Waals surface area contributed by atoms with Gasteiger partial charge in [0.15, 0.2) is 0 Å². The van der Waals surface area contributed by atoms with Crippen molar-refractivity contribution in [3.63, 3.8) is 0 Å². The number of amides is 2. The maximum absolute atomic E-state index is 12.7. The van der Waals surface area contributed by atoms with Crippen molar-refractivity contribution < 1.29 is 23.9 Å². The Labute approximate surface area is 176 Å². The number of carbonyl (C=O) groups is 3. The average molecular weight is 410 g/mol. The first-order valence-corrected chi connectivity index (χ1v) is 10.1. The van der Waals surface area contributed by atoms with Crippen LogP contribution in [0.2, 0.25) is 0 Å². The highest BCUT2D eigenvalue weighted by Crippen LogP contribution is 2.18. The first kappa shape index (κ1) is 21.4. The summed E-state index contributed by atoms with van der Waals surface area (Å²) in [5.41, 5.74) is 2.27. The molecule has 7 heteroatoms. The van der Waals surface area contributed by atoms with E-state index in [2.05, 4.69) is 5.32 Å². The highest BCUT2D eigenvalue weighted by atomic mass is 16.7. The zero-order chi connectivity index (χ0) is 21.5. The fourth-order valence-electron chi connectivity index (χ4n) is 3.29. The standard InChI is InChI=1S/C23H26N2O5/c1-3-29-23(28)30-20-10-8-18(9-11-20)22(27)25-14-12-19(13-15-25)24-21(26)17-6-4-16(2)5-7-17/h4-11,19H,3,12-15H2,1-2H3,(H,24,26). The molecular weight excluding hydrogens is 384 g/mol. The Morgan fingerprint density at radius 1 is 0.967 bits per heavy atom. The summed E-state index contributed by atoms with van der Waals surface area (Å²) in [7, 11) is 0. The second-order valence-electron chi connectivity index (χ2n) is 7.22. The van der Waals surface area contributed by atoms with Crippen LogP contribution >= 0.6 is 0 Å². The van der Waals surface area contributed by atoms with E-state index in [1.54, 1.807) is 36.1 Å². The number of nitrogens with one attached hydrogen (secondary N) is 1. The molecule has 2 amide bonds. The zero-order valence-electron chi connectivity index (χ0n) is 17.2. The third-order valence-electron chi connectivity index (χ3n) is 5.00. The van der Waals surface area contributed by atoms with E-state index in [0.29, 0.717) is 42.8 Å². The van der Waals surface area contributed by atoms with Gasteiger partial charge in [-0.05, 0) is 63.1 Å². The zero-order valence-corrected chi connectivity index (χ0v) is 17.2. The number of rotatable bonds is 5. The topological polar surface area (TPSA) is 84.9 Å². The molecule has 0 spiro atoms. The molecule has 7 nitrogen and oxygen atoms in total. The molecule has 30 heavy (non-hydrogen) atoms. The fourth-order valence-corrected chi connectivity index (χ4v) is 3.29. The van der Waals surface area contributed by atoms with Gasteiger partial charge in [0.2, 0.25) is 0 Å². The van der Waals surface area contributed by atoms with E-state index < -0.39 is 6.16 Å². The van der Waals surface area contributed by atoms with Gasteiger partial charge in [-0.3, -0.25) is 9.59 Å². The first-order valence-electron chi connectivity index (χ1n) is 10.1. The van der Waals surface area contributed by atoms with E-state index in [0.717, 1.165) is 5.56 Å². The predicted molar refractivity (Wildman–Crippen MR) is 112 cm³/mol. The lowest BCUT2D eigenvalue weighted by Crippen LogP contribution is -2.46. The van der Waals surface area contributed by atoms with Crippen LogP contribution in [-0.2, 0) is 4.74 Å². The molecule has 2 aromatic carbocycles. The second-order valence-corrected chi connectivity index (χ2v) is 7.22. The maximum Gasteiger partial charge on any atom is 0.513 e. The Morgan fingerprint density at radius 3 is 2.17 bits per heavy atom. The number of hydrogen-bond acceptors (Lipinski definition) is 5. The summed E-state index contributed by atoms with van der Waals surface area (Å²) in [4.78, 5) is 38.2. The van der Waals surface area contributed by atoms with E-state index in [1.165, 1.54) is 0 Å². The molecule has 0 atom stereocenters. The molecule has 1 aliphatic rings. The van der Waals surface area contributed by atoms with Crippen LogP contribution < -0.4 is 10.1 Å². The van der Waals surface area contributed by atoms with Crippen molar-refractivity contribution in [1.29, 1.82) is 0 Å². The van der Waals surface area contributed by atoms with Gasteiger partial charge in [0.1, 0.15) is 5.75 Å². The summed E-state index contributed by atoms with van der Waals surface area (Å²) in [6.45, 7) is 5.05. The van der Waals surface area contributed by atoms with Crippen LogP contribution in [-0.4, -0.2) is 48.6 Å². The van der Waals surface area contributed by atoms with Crippen LogP contribution in [0.25, 0.3) is 0 Å². The van der Waals surface area contributed by atoms with E-state index in [9.17, 15) is 14.4 Å². The molecule has 0 unspecified atom stereocenters. The minimum atomic E-state index is -0.772. The molecule has 1 fully saturated rings. The summed E-state index contributed by atoms with van der Waals surface area (Å²) in [6.07, 6.45) is 0.632. The molecule has 1 saturated heterocycles. The molecule has 0 bridgehead atoms. The normalized spacial score (nSPS) is 14.1. The van der Waals surface area contributed by atoms with Crippen molar-refractivity contribution in [1.82, 2.24) is 10.2 Å². The van der Waals surface area contributed by atoms with Gasteiger partial charge in [0, 0.05) is 30.3 Å². The number of hydrogen-bond donors (Lipinski definition) is 1. The molecule has 2 aromatic rings. The Hall–Kier alpha value is -3.35. The van der Waals surface area contributed by atoms with Crippen LogP contribution in [0.4, 0.5) is 4.79 Å². The highest BCUT2D eigenvalue weighted by molar-refractivity contribution is 5.95. The number of aryl methyl sites for hydroxylation is 1. The van der Waals surface area contributed by atoms with Crippen LogP contribution in [0.15, 0.2) is 48.5 Å². The summed E-state index contributed by atoms with van der Waals surface area (Å²) < 4.78 is 9.73. The Balaban J connectivity index is 1.49. The van der Waals surface area contributed by atoms with Crippen LogP contribution in [0.1, 0.15) is 46.0 Å². The van der Waals surface area contributed by atoms with E-state index >= 15 is 0 Å². The van der Waals surface area contributed by atoms with Gasteiger partial charge < -0.3 is 19.7 Å². The number of ether oxygens (including phenoxy) is 2. The van der Waals surface area contributed by atoms with Gasteiger partial charge in [0.25, 0.3) is 11.8 Å². The second kappa shape index (κ2) is 9.91. The lowest BCUT2D eigenvalue weighted by molar-refractivity contribution is 0.0698. The molecule has 1 aliphatic heterocycles. The number of nitrogens with zero attached hydrogens (tertiary/aromatic N) is 1. The highest BCUT2D eigenvalue weighted by Gasteiger charge is 2.25. The largest absolute Gasteiger partial charge is 0.513 e. The molecule has 0 aromatic heterocycles. The summed E-state index contributed by atoms with van der Waals surface area (Å²) >= 11 is 0. The lowest BCUT2D eigenvalue weighted by atomic mass is 10.0. The van der Waals surface area contributed by atoms with Crippen molar-refractivity contribution in [2.75, 3.05) is 19.7 Å². The van der Waals surface area contributed by atoms with Gasteiger partial charge in [-0.15, -0.1) is 0 Å². The Bertz CT molecular complexity index is 885. The predicted octanol–water partition coefficient (Wildman–Crippen LogP) is 3.56. The average Bonchev–Trinajstić information content (AvgIpc) is 2.75. The number of piperidine rings is 1. The molecule has 1 N–H and O–H groups in total. The summed E-state index contributed by atoms with van der Waals surface area (Å²) in [5, 5.41) is 3.05. The van der Waals surface area contributed by atoms with Crippen molar-refractivity contribution in [2.45, 2.75) is 32.7 Å². The van der Waals surface area contributed by atoms with Gasteiger partial charge in [-0.1, -0.05) is 17.7 Å². The molecule has 0 aliphatic carbocycles. The maximum atomic E-state index is 12.7. The van der Waals surface area contributed by atoms with Gasteiger partial charge in [-0.2, -0.15) is 0 Å². The lowest BCUT2D eigenvalue weighted by Gasteiger charge is -2.32. The molecule has 0 radical (unpaired) electrons. The SMILES string of the molecule is CCOC(=O)Oc1ccc(C(=O)N2CCC(NC(=O)c3ccc(C)cc3)CC2)cc1. The monoisotopic (exact) mass is 410 g/mol. The van der Waals surface area contributed by atoms with Crippen molar-refractivity contribution in [3.8, 4) is 5.75 Å². The van der Waals surface area contributed by atoms with Crippen LogP contribution in [0, 0.1) is 6.92 Å². The minimum Gasteiger partial charge on any atom is -0.434 e. The fraction of sp³-hybridized carbons (Fsp3) is 0.348. The Kier molecular flexibility index (Phi) is 7.06. The van der Waals surface area contributed by atoms with Crippen LogP contribution in [0.3, 0.4) is 0 Å². The van der Waals surface area contributed by atoms with Crippen molar-refractivity contribution in [2.24, 2.45) is 0 Å². The molecule has 3 rings (SSSR count). The molecule has 0 saturated carbocycles. The number of likely N-dealkylation sites (tertiary alicyclic amines) is 1. The minimum absolute atomic E-state index is 0.0446. The van der Waals surface area contributed by atoms with Crippen molar-refractivity contribution >= 4 is 18.0 Å².